The molecule has 0 N–H and O–H groups in total. The Morgan fingerprint density at radius 3 is 2.61 bits per heavy atom. The second-order valence-electron chi connectivity index (χ2n) is 7.30. The van der Waals surface area contributed by atoms with Gasteiger partial charge in [0, 0.05) is 22.4 Å². The molecule has 0 fully saturated rings. The average Bonchev–Trinajstić information content (AvgIpc) is 3.43. The Labute approximate surface area is 203 Å². The molecule has 7 nitrogen and oxygen atoms in total. The van der Waals surface area contributed by atoms with Crippen molar-refractivity contribution in [2.45, 2.75) is 30.8 Å². The van der Waals surface area contributed by atoms with Crippen molar-refractivity contribution in [1.29, 1.82) is 0 Å². The Balaban J connectivity index is 1.47. The van der Waals surface area contributed by atoms with E-state index in [1.807, 2.05) is 49.4 Å². The van der Waals surface area contributed by atoms with E-state index in [0.717, 1.165) is 33.5 Å². The molecule has 0 aliphatic carbocycles. The first-order valence-electron chi connectivity index (χ1n) is 10.4. The van der Waals surface area contributed by atoms with Gasteiger partial charge in [-0.3, -0.25) is 9.36 Å². The van der Waals surface area contributed by atoms with Gasteiger partial charge in [-0.15, -0.1) is 10.2 Å². The van der Waals surface area contributed by atoms with E-state index >= 15 is 0 Å². The molecular weight excluding hydrogens is 476 g/mol. The first kappa shape index (κ1) is 21.8. The molecular formula is C23H19ClN6OS2. The minimum Gasteiger partial charge on any atom is -0.298 e. The summed E-state index contributed by atoms with van der Waals surface area (Å²) < 4.78 is 3.45. The number of hydrogen-bond donors (Lipinski definition) is 0. The van der Waals surface area contributed by atoms with Crippen LogP contribution in [0.3, 0.4) is 0 Å². The topological polar surface area (TPSA) is 78.0 Å². The van der Waals surface area contributed by atoms with Crippen molar-refractivity contribution < 1.29 is 0 Å². The van der Waals surface area contributed by atoms with E-state index in [-0.39, 0.29) is 5.56 Å². The van der Waals surface area contributed by atoms with Crippen LogP contribution >= 0.6 is 34.7 Å². The molecule has 0 amide bonds. The third kappa shape index (κ3) is 4.71. The molecule has 0 aliphatic rings. The molecule has 3 aromatic heterocycles. The van der Waals surface area contributed by atoms with E-state index in [9.17, 15) is 4.79 Å². The van der Waals surface area contributed by atoms with E-state index in [1.54, 1.807) is 0 Å². The maximum absolute atomic E-state index is 12.5. The molecule has 3 heterocycles. The standard InChI is InChI=1S/C23H19ClN6OS2/c1-2-19-28-30-20(31)12-18(25-22(30)33-19)14-32-23-27-26-21(16-8-10-17(24)11-9-16)29(23)13-15-6-4-3-5-7-15/h3-12H,2,13-14H2,1H3. The Hall–Kier alpha value is -3.01. The molecule has 5 aromatic rings. The summed E-state index contributed by atoms with van der Waals surface area (Å²) in [7, 11) is 0. The number of fused-ring (bicyclic) bond motifs is 1. The van der Waals surface area contributed by atoms with Gasteiger partial charge < -0.3 is 0 Å². The fourth-order valence-electron chi connectivity index (χ4n) is 3.37. The number of rotatable bonds is 7. The summed E-state index contributed by atoms with van der Waals surface area (Å²) >= 11 is 9.02. The highest BCUT2D eigenvalue weighted by atomic mass is 35.5. The van der Waals surface area contributed by atoms with Crippen LogP contribution in [0.15, 0.2) is 70.6 Å². The van der Waals surface area contributed by atoms with Gasteiger partial charge in [0.25, 0.3) is 5.56 Å². The van der Waals surface area contributed by atoms with Crippen LogP contribution in [-0.2, 0) is 18.7 Å². The minimum atomic E-state index is -0.167. The summed E-state index contributed by atoms with van der Waals surface area (Å²) in [4.78, 5) is 17.7. The molecule has 0 atom stereocenters. The van der Waals surface area contributed by atoms with Crippen molar-refractivity contribution >= 4 is 39.7 Å². The number of nitrogens with zero attached hydrogens (tertiary/aromatic N) is 6. The van der Waals surface area contributed by atoms with Crippen LogP contribution in [0.25, 0.3) is 16.3 Å². The second kappa shape index (κ2) is 9.46. The van der Waals surface area contributed by atoms with Crippen LogP contribution in [0.2, 0.25) is 5.02 Å². The van der Waals surface area contributed by atoms with Crippen LogP contribution < -0.4 is 5.56 Å². The van der Waals surface area contributed by atoms with Gasteiger partial charge in [0.2, 0.25) is 4.96 Å². The Kier molecular flexibility index (Phi) is 6.26. The zero-order valence-corrected chi connectivity index (χ0v) is 20.1. The third-order valence-corrected chi connectivity index (χ3v) is 7.30. The third-order valence-electron chi connectivity index (χ3n) is 4.99. The summed E-state index contributed by atoms with van der Waals surface area (Å²) in [5.41, 5.74) is 2.60. The van der Waals surface area contributed by atoms with Gasteiger partial charge in [-0.2, -0.15) is 9.61 Å². The molecule has 166 valence electrons. The molecule has 0 unspecified atom stereocenters. The Morgan fingerprint density at radius 2 is 1.85 bits per heavy atom. The van der Waals surface area contributed by atoms with E-state index in [4.69, 9.17) is 11.6 Å². The molecule has 0 saturated heterocycles. The fourth-order valence-corrected chi connectivity index (χ4v) is 5.18. The van der Waals surface area contributed by atoms with Crippen molar-refractivity contribution in [2.75, 3.05) is 0 Å². The molecule has 0 saturated carbocycles. The molecule has 5 rings (SSSR count). The Bertz CT molecular complexity index is 1460. The van der Waals surface area contributed by atoms with Gasteiger partial charge in [0.1, 0.15) is 5.01 Å². The first-order chi connectivity index (χ1) is 16.1. The lowest BCUT2D eigenvalue weighted by molar-refractivity contribution is 0.714. The summed E-state index contributed by atoms with van der Waals surface area (Å²) in [6, 6.07) is 19.3. The largest absolute Gasteiger partial charge is 0.298 e. The number of aryl methyl sites for hydroxylation is 1. The number of halogens is 1. The summed E-state index contributed by atoms with van der Waals surface area (Å²) in [5, 5.41) is 15.5. The molecule has 10 heteroatoms. The monoisotopic (exact) mass is 494 g/mol. The van der Waals surface area contributed by atoms with Gasteiger partial charge in [-0.25, -0.2) is 4.98 Å². The van der Waals surface area contributed by atoms with Crippen molar-refractivity contribution in [3.05, 3.63) is 92.3 Å². The van der Waals surface area contributed by atoms with Crippen molar-refractivity contribution in [1.82, 2.24) is 29.4 Å². The van der Waals surface area contributed by atoms with Gasteiger partial charge in [-0.1, -0.05) is 72.0 Å². The Morgan fingerprint density at radius 1 is 1.06 bits per heavy atom. The lowest BCUT2D eigenvalue weighted by Crippen LogP contribution is -2.15. The van der Waals surface area contributed by atoms with Crippen LogP contribution in [0, 0.1) is 0 Å². The predicted molar refractivity (Wildman–Crippen MR) is 132 cm³/mol. The zero-order chi connectivity index (χ0) is 22.8. The van der Waals surface area contributed by atoms with Crippen LogP contribution in [-0.4, -0.2) is 29.4 Å². The molecule has 0 radical (unpaired) electrons. The van der Waals surface area contributed by atoms with E-state index in [2.05, 4.69) is 37.0 Å². The SMILES string of the molecule is CCc1nn2c(=O)cc(CSc3nnc(-c4ccc(Cl)cc4)n3Cc3ccccc3)nc2s1. The van der Waals surface area contributed by atoms with Crippen LogP contribution in [0.4, 0.5) is 0 Å². The average molecular weight is 495 g/mol. The molecule has 33 heavy (non-hydrogen) atoms. The van der Waals surface area contributed by atoms with Crippen LogP contribution in [0.5, 0.6) is 0 Å². The highest BCUT2D eigenvalue weighted by molar-refractivity contribution is 7.98. The molecule has 0 aliphatic heterocycles. The van der Waals surface area contributed by atoms with Crippen molar-refractivity contribution in [3.8, 4) is 11.4 Å². The highest BCUT2D eigenvalue weighted by Gasteiger charge is 2.16. The molecule has 0 bridgehead atoms. The highest BCUT2D eigenvalue weighted by Crippen LogP contribution is 2.28. The lowest BCUT2D eigenvalue weighted by Gasteiger charge is -2.10. The molecule has 0 spiro atoms. The van der Waals surface area contributed by atoms with Gasteiger partial charge in [0.05, 0.1) is 12.2 Å². The second-order valence-corrected chi connectivity index (χ2v) is 9.72. The summed E-state index contributed by atoms with van der Waals surface area (Å²) in [6.07, 6.45) is 0.771. The number of hydrogen-bond acceptors (Lipinski definition) is 7. The van der Waals surface area contributed by atoms with Crippen molar-refractivity contribution in [2.24, 2.45) is 0 Å². The zero-order valence-electron chi connectivity index (χ0n) is 17.7. The number of benzene rings is 2. The normalized spacial score (nSPS) is 11.3. The van der Waals surface area contributed by atoms with Crippen LogP contribution in [0.1, 0.15) is 23.2 Å². The maximum atomic E-state index is 12.5. The smallest absolute Gasteiger partial charge is 0.275 e. The lowest BCUT2D eigenvalue weighted by atomic mass is 10.2. The van der Waals surface area contributed by atoms with E-state index < -0.39 is 0 Å². The minimum absolute atomic E-state index is 0.167. The van der Waals surface area contributed by atoms with Crippen molar-refractivity contribution in [3.63, 3.8) is 0 Å². The van der Waals surface area contributed by atoms with E-state index in [1.165, 1.54) is 33.7 Å². The predicted octanol–water partition coefficient (Wildman–Crippen LogP) is 4.97. The molecule has 2 aromatic carbocycles. The van der Waals surface area contributed by atoms with Gasteiger partial charge in [-0.05, 0) is 36.2 Å². The summed E-state index contributed by atoms with van der Waals surface area (Å²) in [5.74, 6) is 1.26. The van der Waals surface area contributed by atoms with Gasteiger partial charge in [0.15, 0.2) is 11.0 Å². The maximum Gasteiger partial charge on any atom is 0.275 e. The number of aromatic nitrogens is 6. The quantitative estimate of drug-likeness (QED) is 0.297. The first-order valence-corrected chi connectivity index (χ1v) is 12.5. The van der Waals surface area contributed by atoms with Gasteiger partial charge >= 0.3 is 0 Å². The number of thioether (sulfide) groups is 1. The van der Waals surface area contributed by atoms with E-state index in [0.29, 0.717) is 28.0 Å². The summed E-state index contributed by atoms with van der Waals surface area (Å²) in [6.45, 7) is 2.63. The fraction of sp³-hybridized carbons (Fsp3) is 0.174.